The molecule has 0 N–H and O–H groups in total. The smallest absolute Gasteiger partial charge is 0.239 e. The number of aryl methyl sites for hydroxylation is 1. The topological polar surface area (TPSA) is 46.1 Å². The first kappa shape index (κ1) is 19.6. The number of fused-ring (bicyclic) bond motifs is 1. The summed E-state index contributed by atoms with van der Waals surface area (Å²) in [7, 11) is 0. The molecule has 146 valence electrons. The SMILES string of the molecule is CCc1ccc2nc(N(Cc3ccccn3)C(=O)CSc3ccccc3)sc2c1. The van der Waals surface area contributed by atoms with Gasteiger partial charge in [-0.3, -0.25) is 14.7 Å². The number of rotatable bonds is 7. The van der Waals surface area contributed by atoms with Crippen LogP contribution in [0.5, 0.6) is 0 Å². The van der Waals surface area contributed by atoms with Gasteiger partial charge < -0.3 is 0 Å². The molecule has 2 aromatic heterocycles. The zero-order valence-corrected chi connectivity index (χ0v) is 17.7. The number of thioether (sulfide) groups is 1. The normalized spacial score (nSPS) is 10.9. The zero-order valence-electron chi connectivity index (χ0n) is 16.1. The van der Waals surface area contributed by atoms with Gasteiger partial charge in [0.2, 0.25) is 5.91 Å². The predicted octanol–water partition coefficient (Wildman–Crippen LogP) is 5.58. The molecule has 1 amide bonds. The van der Waals surface area contributed by atoms with Crippen molar-refractivity contribution in [3.63, 3.8) is 0 Å². The second-order valence-electron chi connectivity index (χ2n) is 6.55. The van der Waals surface area contributed by atoms with Crippen LogP contribution in [0.1, 0.15) is 18.2 Å². The fraction of sp³-hybridized carbons (Fsp3) is 0.174. The monoisotopic (exact) mass is 419 g/mol. The van der Waals surface area contributed by atoms with Crippen molar-refractivity contribution < 1.29 is 4.79 Å². The van der Waals surface area contributed by atoms with E-state index < -0.39 is 0 Å². The molecular weight excluding hydrogens is 398 g/mol. The highest BCUT2D eigenvalue weighted by atomic mass is 32.2. The minimum atomic E-state index is 0.0271. The van der Waals surface area contributed by atoms with Crippen LogP contribution in [0, 0.1) is 0 Å². The van der Waals surface area contributed by atoms with Gasteiger partial charge in [0.05, 0.1) is 28.2 Å². The van der Waals surface area contributed by atoms with Gasteiger partial charge in [0, 0.05) is 11.1 Å². The summed E-state index contributed by atoms with van der Waals surface area (Å²) in [6.07, 6.45) is 2.73. The largest absolute Gasteiger partial charge is 0.281 e. The van der Waals surface area contributed by atoms with Crippen LogP contribution in [-0.2, 0) is 17.8 Å². The van der Waals surface area contributed by atoms with Crippen LogP contribution in [0.2, 0.25) is 0 Å². The van der Waals surface area contributed by atoms with Crippen molar-refractivity contribution >= 4 is 44.4 Å². The van der Waals surface area contributed by atoms with Crippen LogP contribution in [-0.4, -0.2) is 21.6 Å². The van der Waals surface area contributed by atoms with Crippen LogP contribution in [0.3, 0.4) is 0 Å². The molecule has 0 aliphatic carbocycles. The quantitative estimate of drug-likeness (QED) is 0.367. The van der Waals surface area contributed by atoms with E-state index in [9.17, 15) is 4.79 Å². The summed E-state index contributed by atoms with van der Waals surface area (Å²) in [6.45, 7) is 2.55. The number of benzene rings is 2. The summed E-state index contributed by atoms with van der Waals surface area (Å²) in [5.41, 5.74) is 3.05. The fourth-order valence-electron chi connectivity index (χ4n) is 2.95. The Kier molecular flexibility index (Phi) is 6.22. The summed E-state index contributed by atoms with van der Waals surface area (Å²) >= 11 is 3.10. The van der Waals surface area contributed by atoms with Crippen molar-refractivity contribution in [3.8, 4) is 0 Å². The van der Waals surface area contributed by atoms with Gasteiger partial charge in [-0.15, -0.1) is 11.8 Å². The summed E-state index contributed by atoms with van der Waals surface area (Å²) in [5.74, 6) is 0.381. The molecule has 6 heteroatoms. The lowest BCUT2D eigenvalue weighted by Crippen LogP contribution is -2.32. The Morgan fingerprint density at radius 3 is 2.66 bits per heavy atom. The van der Waals surface area contributed by atoms with E-state index in [1.165, 1.54) is 5.56 Å². The number of aromatic nitrogens is 2. The van der Waals surface area contributed by atoms with E-state index in [1.807, 2.05) is 54.6 Å². The number of pyridine rings is 1. The number of nitrogens with zero attached hydrogens (tertiary/aromatic N) is 3. The maximum Gasteiger partial charge on any atom is 0.239 e. The van der Waals surface area contributed by atoms with Crippen molar-refractivity contribution in [2.75, 3.05) is 10.7 Å². The number of thiazole rings is 1. The molecule has 0 radical (unpaired) electrons. The Bertz CT molecular complexity index is 1100. The van der Waals surface area contributed by atoms with Crippen LogP contribution < -0.4 is 4.90 Å². The Labute approximate surface area is 178 Å². The number of hydrogen-bond acceptors (Lipinski definition) is 5. The second kappa shape index (κ2) is 9.20. The van der Waals surface area contributed by atoms with E-state index in [2.05, 4.69) is 24.0 Å². The highest BCUT2D eigenvalue weighted by molar-refractivity contribution is 8.00. The van der Waals surface area contributed by atoms with Crippen LogP contribution in [0.25, 0.3) is 10.2 Å². The van der Waals surface area contributed by atoms with Crippen molar-refractivity contribution in [1.82, 2.24) is 9.97 Å². The summed E-state index contributed by atoms with van der Waals surface area (Å²) < 4.78 is 1.11. The molecule has 4 nitrogen and oxygen atoms in total. The standard InChI is InChI=1S/C23H21N3OS2/c1-2-17-11-12-20-21(14-17)29-23(25-20)26(15-18-8-6-7-13-24-18)22(27)16-28-19-9-4-3-5-10-19/h3-14H,2,15-16H2,1H3. The number of carbonyl (C=O) groups excluding carboxylic acids is 1. The highest BCUT2D eigenvalue weighted by Gasteiger charge is 2.21. The van der Waals surface area contributed by atoms with Gasteiger partial charge in [0.15, 0.2) is 5.13 Å². The molecule has 29 heavy (non-hydrogen) atoms. The molecule has 0 saturated carbocycles. The summed E-state index contributed by atoms with van der Waals surface area (Å²) in [4.78, 5) is 25.2. The van der Waals surface area contributed by atoms with Crippen LogP contribution in [0.4, 0.5) is 5.13 Å². The van der Waals surface area contributed by atoms with Crippen molar-refractivity contribution in [1.29, 1.82) is 0 Å². The first-order valence-corrected chi connectivity index (χ1v) is 11.3. The number of carbonyl (C=O) groups is 1. The number of anilines is 1. The maximum absolute atomic E-state index is 13.2. The Morgan fingerprint density at radius 2 is 1.90 bits per heavy atom. The number of amides is 1. The van der Waals surface area contributed by atoms with Gasteiger partial charge in [-0.25, -0.2) is 4.98 Å². The first-order chi connectivity index (χ1) is 14.2. The third-order valence-corrected chi connectivity index (χ3v) is 6.57. The molecule has 0 aliphatic heterocycles. The van der Waals surface area contributed by atoms with E-state index in [-0.39, 0.29) is 5.91 Å². The molecule has 0 spiro atoms. The fourth-order valence-corrected chi connectivity index (χ4v) is 4.79. The molecule has 2 aromatic carbocycles. The predicted molar refractivity (Wildman–Crippen MR) is 122 cm³/mol. The van der Waals surface area contributed by atoms with Gasteiger partial charge >= 0.3 is 0 Å². The third-order valence-electron chi connectivity index (χ3n) is 4.53. The first-order valence-electron chi connectivity index (χ1n) is 9.50. The van der Waals surface area contributed by atoms with Gasteiger partial charge in [-0.2, -0.15) is 0 Å². The summed E-state index contributed by atoms with van der Waals surface area (Å²) in [6, 6.07) is 22.0. The van der Waals surface area contributed by atoms with E-state index in [0.717, 1.165) is 32.4 Å². The van der Waals surface area contributed by atoms with Gasteiger partial charge in [0.1, 0.15) is 0 Å². The Morgan fingerprint density at radius 1 is 1.07 bits per heavy atom. The minimum Gasteiger partial charge on any atom is -0.281 e. The molecule has 0 unspecified atom stereocenters. The molecule has 0 fully saturated rings. The van der Waals surface area contributed by atoms with E-state index in [4.69, 9.17) is 4.98 Å². The van der Waals surface area contributed by atoms with E-state index in [1.54, 1.807) is 34.2 Å². The maximum atomic E-state index is 13.2. The Hall–Kier alpha value is -2.70. The minimum absolute atomic E-state index is 0.0271. The lowest BCUT2D eigenvalue weighted by molar-refractivity contribution is -0.116. The lowest BCUT2D eigenvalue weighted by atomic mass is 10.2. The van der Waals surface area contributed by atoms with Crippen molar-refractivity contribution in [2.24, 2.45) is 0 Å². The molecular formula is C23H21N3OS2. The third kappa shape index (κ3) is 4.83. The molecule has 0 saturated heterocycles. The van der Waals surface area contributed by atoms with E-state index >= 15 is 0 Å². The Balaban J connectivity index is 1.61. The average molecular weight is 420 g/mol. The highest BCUT2D eigenvalue weighted by Crippen LogP contribution is 2.31. The molecule has 0 bridgehead atoms. The van der Waals surface area contributed by atoms with Crippen LogP contribution in [0.15, 0.2) is 77.8 Å². The van der Waals surface area contributed by atoms with Gasteiger partial charge in [0.25, 0.3) is 0 Å². The van der Waals surface area contributed by atoms with E-state index in [0.29, 0.717) is 12.3 Å². The molecule has 2 heterocycles. The molecule has 0 aliphatic rings. The van der Waals surface area contributed by atoms with Crippen LogP contribution >= 0.6 is 23.1 Å². The average Bonchev–Trinajstić information content (AvgIpc) is 3.20. The molecule has 4 aromatic rings. The van der Waals surface area contributed by atoms with Crippen molar-refractivity contribution in [3.05, 3.63) is 84.2 Å². The van der Waals surface area contributed by atoms with Gasteiger partial charge in [-0.05, 0) is 48.4 Å². The lowest BCUT2D eigenvalue weighted by Gasteiger charge is -2.19. The summed E-state index contributed by atoms with van der Waals surface area (Å²) in [5, 5.41) is 0.720. The molecule has 4 rings (SSSR count). The van der Waals surface area contributed by atoms with Crippen molar-refractivity contribution in [2.45, 2.75) is 24.8 Å². The number of hydrogen-bond donors (Lipinski definition) is 0. The zero-order chi connectivity index (χ0) is 20.1. The second-order valence-corrected chi connectivity index (χ2v) is 8.61. The molecule has 0 atom stereocenters. The van der Waals surface area contributed by atoms with Gasteiger partial charge in [-0.1, -0.05) is 48.6 Å².